The predicted octanol–water partition coefficient (Wildman–Crippen LogP) is 0.342. The summed E-state index contributed by atoms with van der Waals surface area (Å²) in [4.78, 5) is 14.6. The van der Waals surface area contributed by atoms with Crippen molar-refractivity contribution >= 4 is 16.0 Å². The van der Waals surface area contributed by atoms with Crippen LogP contribution in [-0.4, -0.2) is 35.1 Å². The van der Waals surface area contributed by atoms with Crippen LogP contribution < -0.4 is 4.72 Å². The molecule has 1 fully saturated rings. The Morgan fingerprint density at radius 2 is 2.05 bits per heavy atom. The Kier molecular flexibility index (Phi) is 3.91. The molecule has 19 heavy (non-hydrogen) atoms. The van der Waals surface area contributed by atoms with Gasteiger partial charge in [-0.05, 0) is 25.7 Å². The summed E-state index contributed by atoms with van der Waals surface area (Å²) in [6.07, 6.45) is 4.96. The van der Waals surface area contributed by atoms with Crippen molar-refractivity contribution in [2.45, 2.75) is 36.8 Å². The molecule has 0 spiro atoms. The highest BCUT2D eigenvalue weighted by atomic mass is 32.2. The van der Waals surface area contributed by atoms with E-state index in [1.165, 1.54) is 12.5 Å². The third-order valence-electron chi connectivity index (χ3n) is 3.35. The van der Waals surface area contributed by atoms with Crippen molar-refractivity contribution in [2.75, 3.05) is 0 Å². The van der Waals surface area contributed by atoms with Crippen LogP contribution in [0, 0.1) is 5.92 Å². The maximum Gasteiger partial charge on any atom is 0.306 e. The molecule has 2 N–H and O–H groups in total. The molecule has 8 heteroatoms. The van der Waals surface area contributed by atoms with Gasteiger partial charge in [-0.1, -0.05) is 0 Å². The van der Waals surface area contributed by atoms with Crippen molar-refractivity contribution in [3.8, 4) is 0 Å². The molecule has 1 aromatic heterocycles. The Bertz CT molecular complexity index is 558. The minimum Gasteiger partial charge on any atom is -0.481 e. The summed E-state index contributed by atoms with van der Waals surface area (Å²) < 4.78 is 28.2. The van der Waals surface area contributed by atoms with E-state index in [2.05, 4.69) is 9.71 Å². The standard InChI is InChI=1S/C11H17N3O4S/c1-14-6-10(12-7-14)19(17,18)13-9-4-2-8(3-5-9)11(15)16/h6-9,13H,2-5H2,1H3,(H,15,16). The first-order chi connectivity index (χ1) is 8.88. The number of hydrogen-bond acceptors (Lipinski definition) is 4. The highest BCUT2D eigenvalue weighted by Crippen LogP contribution is 2.25. The van der Waals surface area contributed by atoms with Gasteiger partial charge in [0.15, 0.2) is 5.03 Å². The molecule has 1 saturated carbocycles. The first-order valence-electron chi connectivity index (χ1n) is 6.11. The number of rotatable bonds is 4. The van der Waals surface area contributed by atoms with Crippen LogP contribution in [-0.2, 0) is 21.9 Å². The molecule has 2 rings (SSSR count). The zero-order valence-electron chi connectivity index (χ0n) is 10.6. The first-order valence-corrected chi connectivity index (χ1v) is 7.60. The minimum absolute atomic E-state index is 0.00430. The lowest BCUT2D eigenvalue weighted by molar-refractivity contribution is -0.142. The summed E-state index contributed by atoms with van der Waals surface area (Å²) in [7, 11) is -1.91. The SMILES string of the molecule is Cn1cnc(S(=O)(=O)NC2CCC(C(=O)O)CC2)c1. The van der Waals surface area contributed by atoms with E-state index in [1.807, 2.05) is 0 Å². The monoisotopic (exact) mass is 287 g/mol. The number of sulfonamides is 1. The van der Waals surface area contributed by atoms with Gasteiger partial charge in [-0.25, -0.2) is 18.1 Å². The van der Waals surface area contributed by atoms with Gasteiger partial charge in [0, 0.05) is 19.3 Å². The normalized spacial score (nSPS) is 24.3. The molecule has 1 aliphatic rings. The summed E-state index contributed by atoms with van der Waals surface area (Å²) in [5.41, 5.74) is 0. The van der Waals surface area contributed by atoms with E-state index in [4.69, 9.17) is 5.11 Å². The summed E-state index contributed by atoms with van der Waals surface area (Å²) >= 11 is 0. The van der Waals surface area contributed by atoms with Crippen LogP contribution in [0.3, 0.4) is 0 Å². The second-order valence-corrected chi connectivity index (χ2v) is 6.55. The molecule has 106 valence electrons. The number of imidazole rings is 1. The molecule has 0 radical (unpaired) electrons. The van der Waals surface area contributed by atoms with Crippen LogP contribution in [0.5, 0.6) is 0 Å². The smallest absolute Gasteiger partial charge is 0.306 e. The van der Waals surface area contributed by atoms with E-state index < -0.39 is 16.0 Å². The predicted molar refractivity (Wildman–Crippen MR) is 66.9 cm³/mol. The summed E-state index contributed by atoms with van der Waals surface area (Å²) in [6, 6.07) is -0.206. The fourth-order valence-electron chi connectivity index (χ4n) is 2.27. The third kappa shape index (κ3) is 3.32. The number of carbonyl (C=O) groups is 1. The minimum atomic E-state index is -3.61. The topological polar surface area (TPSA) is 101 Å². The highest BCUT2D eigenvalue weighted by Gasteiger charge is 2.29. The Morgan fingerprint density at radius 3 is 2.53 bits per heavy atom. The second-order valence-electron chi connectivity index (χ2n) is 4.89. The maximum absolute atomic E-state index is 12.0. The summed E-state index contributed by atoms with van der Waals surface area (Å²) in [5.74, 6) is -1.15. The molecule has 0 saturated heterocycles. The lowest BCUT2D eigenvalue weighted by atomic mass is 9.87. The summed E-state index contributed by atoms with van der Waals surface area (Å²) in [5, 5.41) is 8.88. The molecule has 0 aliphatic heterocycles. The van der Waals surface area contributed by atoms with Crippen molar-refractivity contribution in [1.82, 2.24) is 14.3 Å². The van der Waals surface area contributed by atoms with E-state index in [0.29, 0.717) is 25.7 Å². The molecular weight excluding hydrogens is 270 g/mol. The zero-order chi connectivity index (χ0) is 14.0. The number of carboxylic acid groups (broad SMARTS) is 1. The van der Waals surface area contributed by atoms with Gasteiger partial charge in [-0.15, -0.1) is 0 Å². The van der Waals surface area contributed by atoms with E-state index in [9.17, 15) is 13.2 Å². The van der Waals surface area contributed by atoms with Crippen molar-refractivity contribution in [2.24, 2.45) is 13.0 Å². The van der Waals surface area contributed by atoms with Crippen LogP contribution in [0.25, 0.3) is 0 Å². The fraction of sp³-hybridized carbons (Fsp3) is 0.636. The number of nitrogens with zero attached hydrogens (tertiary/aromatic N) is 2. The average Bonchev–Trinajstić information content (AvgIpc) is 2.77. The van der Waals surface area contributed by atoms with Gasteiger partial charge in [-0.2, -0.15) is 0 Å². The summed E-state index contributed by atoms with van der Waals surface area (Å²) in [6.45, 7) is 0. The number of aliphatic carboxylic acids is 1. The fourth-order valence-corrected chi connectivity index (χ4v) is 3.55. The zero-order valence-corrected chi connectivity index (χ0v) is 11.4. The van der Waals surface area contributed by atoms with Crippen LogP contribution in [0.1, 0.15) is 25.7 Å². The number of aryl methyl sites for hydroxylation is 1. The van der Waals surface area contributed by atoms with Gasteiger partial charge in [0.1, 0.15) is 0 Å². The van der Waals surface area contributed by atoms with E-state index in [-0.39, 0.29) is 17.0 Å². The lowest BCUT2D eigenvalue weighted by Crippen LogP contribution is -2.38. The van der Waals surface area contributed by atoms with Gasteiger partial charge in [0.2, 0.25) is 0 Å². The van der Waals surface area contributed by atoms with Crippen molar-refractivity contribution < 1.29 is 18.3 Å². The van der Waals surface area contributed by atoms with Crippen molar-refractivity contribution in [3.63, 3.8) is 0 Å². The maximum atomic E-state index is 12.0. The van der Waals surface area contributed by atoms with Gasteiger partial charge in [0.25, 0.3) is 10.0 Å². The van der Waals surface area contributed by atoms with E-state index in [1.54, 1.807) is 11.6 Å². The Balaban J connectivity index is 1.97. The van der Waals surface area contributed by atoms with Gasteiger partial charge in [0.05, 0.1) is 12.2 Å². The van der Waals surface area contributed by atoms with Crippen LogP contribution in [0.2, 0.25) is 0 Å². The van der Waals surface area contributed by atoms with E-state index >= 15 is 0 Å². The van der Waals surface area contributed by atoms with Gasteiger partial charge >= 0.3 is 5.97 Å². The number of nitrogens with one attached hydrogen (secondary N) is 1. The number of hydrogen-bond donors (Lipinski definition) is 2. The lowest BCUT2D eigenvalue weighted by Gasteiger charge is -2.26. The van der Waals surface area contributed by atoms with Crippen LogP contribution in [0.15, 0.2) is 17.6 Å². The Morgan fingerprint density at radius 1 is 1.42 bits per heavy atom. The van der Waals surface area contributed by atoms with Crippen LogP contribution in [0.4, 0.5) is 0 Å². The largest absolute Gasteiger partial charge is 0.481 e. The molecular formula is C11H17N3O4S. The Labute approximate surface area is 111 Å². The van der Waals surface area contributed by atoms with Crippen molar-refractivity contribution in [1.29, 1.82) is 0 Å². The second kappa shape index (κ2) is 5.30. The van der Waals surface area contributed by atoms with Crippen LogP contribution >= 0.6 is 0 Å². The first kappa shape index (κ1) is 14.0. The average molecular weight is 287 g/mol. The number of carboxylic acids is 1. The highest BCUT2D eigenvalue weighted by molar-refractivity contribution is 7.89. The third-order valence-corrected chi connectivity index (χ3v) is 4.76. The quantitative estimate of drug-likeness (QED) is 0.831. The molecule has 0 unspecified atom stereocenters. The molecule has 7 nitrogen and oxygen atoms in total. The molecule has 0 bridgehead atoms. The molecule has 0 aromatic carbocycles. The molecule has 1 heterocycles. The number of aromatic nitrogens is 2. The Hall–Kier alpha value is -1.41. The molecule has 0 amide bonds. The molecule has 1 aromatic rings. The van der Waals surface area contributed by atoms with Gasteiger partial charge < -0.3 is 9.67 Å². The van der Waals surface area contributed by atoms with Crippen molar-refractivity contribution in [3.05, 3.63) is 12.5 Å². The molecule has 0 atom stereocenters. The van der Waals surface area contributed by atoms with E-state index in [0.717, 1.165) is 0 Å². The van der Waals surface area contributed by atoms with Gasteiger partial charge in [-0.3, -0.25) is 4.79 Å². The molecule has 1 aliphatic carbocycles.